The molecule has 1 N–H and O–H groups in total. The van der Waals surface area contributed by atoms with Gasteiger partial charge in [-0.25, -0.2) is 13.2 Å². The second-order valence-corrected chi connectivity index (χ2v) is 8.94. The Bertz CT molecular complexity index is 778. The first kappa shape index (κ1) is 19.2. The summed E-state index contributed by atoms with van der Waals surface area (Å²) in [5.74, 6) is 0. The third kappa shape index (κ3) is 4.71. The van der Waals surface area contributed by atoms with E-state index in [0.717, 1.165) is 0 Å². The third-order valence-electron chi connectivity index (χ3n) is 3.85. The van der Waals surface area contributed by atoms with Gasteiger partial charge in [0.25, 0.3) is 0 Å². The van der Waals surface area contributed by atoms with Gasteiger partial charge >= 0.3 is 6.03 Å². The number of carbonyl (C=O) groups is 1. The monoisotopic (exact) mass is 364 g/mol. The average Bonchev–Trinajstić information content (AvgIpc) is 2.80. The zero-order valence-corrected chi connectivity index (χ0v) is 15.6. The Morgan fingerprint density at radius 3 is 2.48 bits per heavy atom. The lowest BCUT2D eigenvalue weighted by Gasteiger charge is -2.27. The molecule has 1 fully saturated rings. The summed E-state index contributed by atoms with van der Waals surface area (Å²) in [5.41, 5.74) is -0.213. The summed E-state index contributed by atoms with van der Waals surface area (Å²) in [5, 5.41) is 12.1. The van der Waals surface area contributed by atoms with Crippen LogP contribution >= 0.6 is 0 Å². The molecule has 1 aliphatic heterocycles. The largest absolute Gasteiger partial charge is 0.333 e. The van der Waals surface area contributed by atoms with Crippen LogP contribution in [0.5, 0.6) is 0 Å². The molecule has 25 heavy (non-hydrogen) atoms. The van der Waals surface area contributed by atoms with Crippen LogP contribution in [0.1, 0.15) is 32.8 Å². The molecule has 1 aromatic carbocycles. The van der Waals surface area contributed by atoms with E-state index < -0.39 is 10.0 Å². The molecule has 136 valence electrons. The molecular weight excluding hydrogens is 340 g/mol. The molecule has 1 heterocycles. The molecular formula is C17H24N4O3S. The van der Waals surface area contributed by atoms with E-state index in [1.54, 1.807) is 17.0 Å². The van der Waals surface area contributed by atoms with E-state index in [-0.39, 0.29) is 28.6 Å². The van der Waals surface area contributed by atoms with Crippen LogP contribution in [0, 0.1) is 11.3 Å². The Morgan fingerprint density at radius 1 is 1.16 bits per heavy atom. The van der Waals surface area contributed by atoms with Crippen molar-refractivity contribution in [2.24, 2.45) is 0 Å². The fourth-order valence-corrected chi connectivity index (χ4v) is 4.27. The van der Waals surface area contributed by atoms with E-state index in [1.807, 2.05) is 26.8 Å². The van der Waals surface area contributed by atoms with Gasteiger partial charge in [-0.2, -0.15) is 9.57 Å². The van der Waals surface area contributed by atoms with E-state index in [1.165, 1.54) is 16.4 Å². The number of benzene rings is 1. The topological polar surface area (TPSA) is 93.5 Å². The molecule has 0 atom stereocenters. The van der Waals surface area contributed by atoms with E-state index in [4.69, 9.17) is 5.26 Å². The van der Waals surface area contributed by atoms with E-state index in [0.29, 0.717) is 26.1 Å². The molecule has 0 saturated carbocycles. The van der Waals surface area contributed by atoms with Gasteiger partial charge < -0.3 is 10.2 Å². The Hall–Kier alpha value is -2.11. The Labute approximate surface area is 149 Å². The summed E-state index contributed by atoms with van der Waals surface area (Å²) in [4.78, 5) is 14.0. The SMILES string of the molecule is CC(C)(C)NC(=O)N1CCCN(S(=O)(=O)c2ccccc2C#N)CC1. The number of urea groups is 1. The summed E-state index contributed by atoms with van der Waals surface area (Å²) in [7, 11) is -3.76. The molecule has 1 aliphatic rings. The van der Waals surface area contributed by atoms with Crippen molar-refractivity contribution in [1.29, 1.82) is 5.26 Å². The van der Waals surface area contributed by atoms with E-state index >= 15 is 0 Å². The summed E-state index contributed by atoms with van der Waals surface area (Å²) >= 11 is 0. The van der Waals surface area contributed by atoms with Crippen LogP contribution in [0.15, 0.2) is 29.2 Å². The lowest BCUT2D eigenvalue weighted by molar-refractivity contribution is 0.191. The maximum atomic E-state index is 12.9. The molecule has 8 heteroatoms. The van der Waals surface area contributed by atoms with Crippen LogP contribution in [0.3, 0.4) is 0 Å². The van der Waals surface area contributed by atoms with Gasteiger partial charge in [0.1, 0.15) is 6.07 Å². The number of nitriles is 1. The number of carbonyl (C=O) groups excluding carboxylic acids is 1. The Morgan fingerprint density at radius 2 is 1.84 bits per heavy atom. The first-order valence-electron chi connectivity index (χ1n) is 8.21. The van der Waals surface area contributed by atoms with Crippen molar-refractivity contribution in [3.63, 3.8) is 0 Å². The Balaban J connectivity index is 2.15. The molecule has 0 radical (unpaired) electrons. The van der Waals surface area contributed by atoms with Gasteiger partial charge in [-0.05, 0) is 39.3 Å². The highest BCUT2D eigenvalue weighted by molar-refractivity contribution is 7.89. The number of hydrogen-bond acceptors (Lipinski definition) is 4. The second kappa shape index (κ2) is 7.42. The van der Waals surface area contributed by atoms with Crippen LogP contribution in [0.4, 0.5) is 4.79 Å². The van der Waals surface area contributed by atoms with Gasteiger partial charge in [0.15, 0.2) is 0 Å². The zero-order valence-electron chi connectivity index (χ0n) is 14.8. The van der Waals surface area contributed by atoms with E-state index in [9.17, 15) is 13.2 Å². The zero-order chi connectivity index (χ0) is 18.7. The minimum absolute atomic E-state index is 0.0186. The second-order valence-electron chi connectivity index (χ2n) is 7.03. The molecule has 1 aromatic rings. The van der Waals surface area contributed by atoms with Crippen LogP contribution in [-0.2, 0) is 10.0 Å². The fourth-order valence-electron chi connectivity index (χ4n) is 2.66. The molecule has 0 aliphatic carbocycles. The lowest BCUT2D eigenvalue weighted by Crippen LogP contribution is -2.49. The first-order valence-corrected chi connectivity index (χ1v) is 9.65. The molecule has 7 nitrogen and oxygen atoms in total. The molecule has 0 aromatic heterocycles. The number of rotatable bonds is 2. The summed E-state index contributed by atoms with van der Waals surface area (Å²) in [6, 6.07) is 7.92. The summed E-state index contributed by atoms with van der Waals surface area (Å²) < 4.78 is 27.1. The fraction of sp³-hybridized carbons (Fsp3) is 0.529. The minimum atomic E-state index is -3.76. The van der Waals surface area contributed by atoms with E-state index in [2.05, 4.69) is 5.32 Å². The highest BCUT2D eigenvalue weighted by Crippen LogP contribution is 2.21. The van der Waals surface area contributed by atoms with Gasteiger partial charge in [-0.1, -0.05) is 12.1 Å². The summed E-state index contributed by atoms with van der Waals surface area (Å²) in [6.45, 7) is 7.04. The number of nitrogens with one attached hydrogen (secondary N) is 1. The van der Waals surface area contributed by atoms with Crippen molar-refractivity contribution < 1.29 is 13.2 Å². The molecule has 0 bridgehead atoms. The van der Waals surface area contributed by atoms with Gasteiger partial charge in [0.2, 0.25) is 10.0 Å². The smallest absolute Gasteiger partial charge is 0.317 e. The standard InChI is InChI=1S/C17H24N4O3S/c1-17(2,3)19-16(22)20-9-6-10-21(12-11-20)25(23,24)15-8-5-4-7-14(15)13-18/h4-5,7-8H,6,9-12H2,1-3H3,(H,19,22). The highest BCUT2D eigenvalue weighted by atomic mass is 32.2. The summed E-state index contributed by atoms with van der Waals surface area (Å²) in [6.07, 6.45) is 0.547. The van der Waals surface area contributed by atoms with Crippen molar-refractivity contribution in [2.45, 2.75) is 37.6 Å². The molecule has 2 rings (SSSR count). The maximum absolute atomic E-state index is 12.9. The van der Waals surface area contributed by atoms with Crippen LogP contribution in [-0.4, -0.2) is 55.4 Å². The lowest BCUT2D eigenvalue weighted by atomic mass is 10.1. The number of sulfonamides is 1. The predicted octanol–water partition coefficient (Wildman–Crippen LogP) is 1.76. The number of nitrogens with zero attached hydrogens (tertiary/aromatic N) is 3. The minimum Gasteiger partial charge on any atom is -0.333 e. The number of hydrogen-bond donors (Lipinski definition) is 1. The van der Waals surface area contributed by atoms with Crippen molar-refractivity contribution in [2.75, 3.05) is 26.2 Å². The van der Waals surface area contributed by atoms with Crippen molar-refractivity contribution in [1.82, 2.24) is 14.5 Å². The first-order chi connectivity index (χ1) is 11.6. The van der Waals surface area contributed by atoms with Crippen LogP contribution in [0.25, 0.3) is 0 Å². The molecule has 2 amide bonds. The average molecular weight is 364 g/mol. The molecule has 0 unspecified atom stereocenters. The number of amides is 2. The molecule has 1 saturated heterocycles. The molecule has 0 spiro atoms. The third-order valence-corrected chi connectivity index (χ3v) is 5.81. The van der Waals surface area contributed by atoms with Crippen molar-refractivity contribution in [3.05, 3.63) is 29.8 Å². The van der Waals surface area contributed by atoms with Gasteiger partial charge in [0.05, 0.1) is 10.5 Å². The maximum Gasteiger partial charge on any atom is 0.317 e. The van der Waals surface area contributed by atoms with Crippen molar-refractivity contribution >= 4 is 16.1 Å². The van der Waals surface area contributed by atoms with Crippen LogP contribution < -0.4 is 5.32 Å². The van der Waals surface area contributed by atoms with Gasteiger partial charge in [-0.15, -0.1) is 0 Å². The highest BCUT2D eigenvalue weighted by Gasteiger charge is 2.30. The van der Waals surface area contributed by atoms with Gasteiger partial charge in [-0.3, -0.25) is 0 Å². The van der Waals surface area contributed by atoms with Crippen LogP contribution in [0.2, 0.25) is 0 Å². The normalized spacial score (nSPS) is 16.8. The quantitative estimate of drug-likeness (QED) is 0.865. The predicted molar refractivity (Wildman–Crippen MR) is 94.4 cm³/mol. The van der Waals surface area contributed by atoms with Crippen molar-refractivity contribution in [3.8, 4) is 6.07 Å². The Kier molecular flexibility index (Phi) is 5.70. The van der Waals surface area contributed by atoms with Gasteiger partial charge in [0, 0.05) is 31.7 Å².